The molecular formula is C15H24FNO. The van der Waals surface area contributed by atoms with Gasteiger partial charge in [-0.3, -0.25) is 0 Å². The second-order valence-corrected chi connectivity index (χ2v) is 5.23. The van der Waals surface area contributed by atoms with Crippen molar-refractivity contribution in [2.45, 2.75) is 39.0 Å². The van der Waals surface area contributed by atoms with Crippen molar-refractivity contribution in [1.82, 2.24) is 5.32 Å². The maximum atomic E-state index is 14.0. The molecule has 0 unspecified atom stereocenters. The number of hydrogen-bond acceptors (Lipinski definition) is 2. The van der Waals surface area contributed by atoms with Gasteiger partial charge in [0.1, 0.15) is 11.6 Å². The first-order chi connectivity index (χ1) is 8.51. The first-order valence-electron chi connectivity index (χ1n) is 6.56. The third-order valence-electron chi connectivity index (χ3n) is 3.26. The first kappa shape index (κ1) is 15.0. The molecule has 0 aliphatic heterocycles. The van der Waals surface area contributed by atoms with Crippen LogP contribution in [0, 0.1) is 5.82 Å². The summed E-state index contributed by atoms with van der Waals surface area (Å²) in [7, 11) is 1.55. The molecule has 3 heteroatoms. The Bertz CT molecular complexity index is 377. The van der Waals surface area contributed by atoms with Crippen molar-refractivity contribution < 1.29 is 9.13 Å². The minimum Gasteiger partial charge on any atom is -0.497 e. The van der Waals surface area contributed by atoms with E-state index in [-0.39, 0.29) is 11.2 Å². The van der Waals surface area contributed by atoms with Crippen LogP contribution in [-0.4, -0.2) is 20.2 Å². The zero-order valence-electron chi connectivity index (χ0n) is 11.8. The molecule has 102 valence electrons. The van der Waals surface area contributed by atoms with E-state index in [9.17, 15) is 4.39 Å². The van der Waals surface area contributed by atoms with Crippen LogP contribution in [0.3, 0.4) is 0 Å². The Hall–Kier alpha value is -1.09. The molecule has 0 aliphatic rings. The molecule has 0 spiro atoms. The standard InChI is InChI=1S/C15H24FNO/c1-5-9-17-10-8-15(2,3)13-7-6-12(18-4)11-14(13)16/h6-7,11,17H,5,8-10H2,1-4H3. The smallest absolute Gasteiger partial charge is 0.130 e. The van der Waals surface area contributed by atoms with Gasteiger partial charge in [-0.25, -0.2) is 4.39 Å². The molecule has 2 nitrogen and oxygen atoms in total. The summed E-state index contributed by atoms with van der Waals surface area (Å²) in [5.74, 6) is 0.381. The molecule has 1 aromatic carbocycles. The Morgan fingerprint density at radius 3 is 2.56 bits per heavy atom. The van der Waals surface area contributed by atoms with E-state index in [1.807, 2.05) is 12.1 Å². The largest absolute Gasteiger partial charge is 0.497 e. The second-order valence-electron chi connectivity index (χ2n) is 5.23. The molecule has 0 saturated heterocycles. The third kappa shape index (κ3) is 3.98. The van der Waals surface area contributed by atoms with E-state index in [4.69, 9.17) is 4.74 Å². The Morgan fingerprint density at radius 1 is 1.28 bits per heavy atom. The highest BCUT2D eigenvalue weighted by molar-refractivity contribution is 5.33. The van der Waals surface area contributed by atoms with Crippen molar-refractivity contribution in [3.05, 3.63) is 29.6 Å². The van der Waals surface area contributed by atoms with Gasteiger partial charge in [0.15, 0.2) is 0 Å². The van der Waals surface area contributed by atoms with Crippen molar-refractivity contribution in [3.8, 4) is 5.75 Å². The average Bonchev–Trinajstić information content (AvgIpc) is 2.34. The maximum Gasteiger partial charge on any atom is 0.130 e. The van der Waals surface area contributed by atoms with Gasteiger partial charge in [-0.2, -0.15) is 0 Å². The normalized spacial score (nSPS) is 11.6. The van der Waals surface area contributed by atoms with Gasteiger partial charge in [-0.05, 0) is 43.0 Å². The molecule has 18 heavy (non-hydrogen) atoms. The van der Waals surface area contributed by atoms with Gasteiger partial charge in [0, 0.05) is 6.07 Å². The van der Waals surface area contributed by atoms with Crippen LogP contribution in [-0.2, 0) is 5.41 Å². The predicted octanol–water partition coefficient (Wildman–Crippen LogP) is 3.50. The number of halogens is 1. The Balaban J connectivity index is 2.71. The van der Waals surface area contributed by atoms with E-state index in [1.54, 1.807) is 7.11 Å². The van der Waals surface area contributed by atoms with Crippen LogP contribution in [0.2, 0.25) is 0 Å². The number of hydrogen-bond donors (Lipinski definition) is 1. The van der Waals surface area contributed by atoms with Gasteiger partial charge in [0.2, 0.25) is 0 Å². The molecule has 0 bridgehead atoms. The molecule has 1 aromatic rings. The minimum absolute atomic E-state index is 0.170. The minimum atomic E-state index is -0.185. The van der Waals surface area contributed by atoms with Crippen molar-refractivity contribution in [2.24, 2.45) is 0 Å². The monoisotopic (exact) mass is 253 g/mol. The second kappa shape index (κ2) is 6.74. The number of rotatable bonds is 7. The van der Waals surface area contributed by atoms with E-state index >= 15 is 0 Å². The number of nitrogens with one attached hydrogen (secondary N) is 1. The highest BCUT2D eigenvalue weighted by atomic mass is 19.1. The molecule has 0 saturated carbocycles. The fraction of sp³-hybridized carbons (Fsp3) is 0.600. The van der Waals surface area contributed by atoms with Gasteiger partial charge in [0.05, 0.1) is 7.11 Å². The van der Waals surface area contributed by atoms with Crippen molar-refractivity contribution >= 4 is 0 Å². The van der Waals surface area contributed by atoms with Crippen LogP contribution in [0.25, 0.3) is 0 Å². The van der Waals surface area contributed by atoms with Crippen LogP contribution >= 0.6 is 0 Å². The lowest BCUT2D eigenvalue weighted by molar-refractivity contribution is 0.403. The van der Waals surface area contributed by atoms with E-state index in [0.29, 0.717) is 5.75 Å². The van der Waals surface area contributed by atoms with Crippen LogP contribution in [0.15, 0.2) is 18.2 Å². The molecule has 1 rings (SSSR count). The zero-order valence-corrected chi connectivity index (χ0v) is 11.8. The van der Waals surface area contributed by atoms with Crippen LogP contribution in [0.1, 0.15) is 39.2 Å². The van der Waals surface area contributed by atoms with Crippen molar-refractivity contribution in [3.63, 3.8) is 0 Å². The molecule has 0 fully saturated rings. The summed E-state index contributed by atoms with van der Waals surface area (Å²) in [5.41, 5.74) is 0.582. The summed E-state index contributed by atoms with van der Waals surface area (Å²) in [6.45, 7) is 8.21. The van der Waals surface area contributed by atoms with Crippen molar-refractivity contribution in [2.75, 3.05) is 20.2 Å². The molecule has 1 N–H and O–H groups in total. The lowest BCUT2D eigenvalue weighted by Gasteiger charge is -2.26. The zero-order chi connectivity index (χ0) is 13.6. The van der Waals surface area contributed by atoms with Crippen molar-refractivity contribution in [1.29, 1.82) is 0 Å². The average molecular weight is 253 g/mol. The Labute approximate surface area is 110 Å². The molecule has 0 aromatic heterocycles. The van der Waals surface area contributed by atoms with E-state index in [1.165, 1.54) is 6.07 Å². The summed E-state index contributed by atoms with van der Waals surface area (Å²) < 4.78 is 19.0. The van der Waals surface area contributed by atoms with Gasteiger partial charge in [-0.1, -0.05) is 26.8 Å². The summed E-state index contributed by atoms with van der Waals surface area (Å²) in [6, 6.07) is 5.10. The number of ether oxygens (including phenoxy) is 1. The Kier molecular flexibility index (Phi) is 5.60. The molecular weight excluding hydrogens is 229 g/mol. The van der Waals surface area contributed by atoms with E-state index < -0.39 is 0 Å². The molecule has 0 amide bonds. The highest BCUT2D eigenvalue weighted by Gasteiger charge is 2.23. The molecule has 0 aliphatic carbocycles. The number of benzene rings is 1. The SMILES string of the molecule is CCCNCCC(C)(C)c1ccc(OC)cc1F. The quantitative estimate of drug-likeness (QED) is 0.751. The predicted molar refractivity (Wildman–Crippen MR) is 73.8 cm³/mol. The van der Waals surface area contributed by atoms with Gasteiger partial charge < -0.3 is 10.1 Å². The third-order valence-corrected chi connectivity index (χ3v) is 3.26. The molecule has 0 heterocycles. The summed E-state index contributed by atoms with van der Waals surface area (Å²) in [5, 5.41) is 3.36. The fourth-order valence-corrected chi connectivity index (χ4v) is 2.01. The van der Waals surface area contributed by atoms with E-state index in [0.717, 1.165) is 31.5 Å². The topological polar surface area (TPSA) is 21.3 Å². The van der Waals surface area contributed by atoms with Crippen LogP contribution < -0.4 is 10.1 Å². The Morgan fingerprint density at radius 2 is 2.00 bits per heavy atom. The van der Waals surface area contributed by atoms with E-state index in [2.05, 4.69) is 26.1 Å². The fourth-order valence-electron chi connectivity index (χ4n) is 2.01. The van der Waals surface area contributed by atoms with Crippen LogP contribution in [0.5, 0.6) is 5.75 Å². The molecule has 0 radical (unpaired) electrons. The lowest BCUT2D eigenvalue weighted by atomic mass is 9.81. The lowest BCUT2D eigenvalue weighted by Crippen LogP contribution is -2.26. The van der Waals surface area contributed by atoms with Crippen LogP contribution in [0.4, 0.5) is 4.39 Å². The first-order valence-corrected chi connectivity index (χ1v) is 6.56. The molecule has 0 atom stereocenters. The van der Waals surface area contributed by atoms with Gasteiger partial charge >= 0.3 is 0 Å². The summed E-state index contributed by atoms with van der Waals surface area (Å²) in [4.78, 5) is 0. The van der Waals surface area contributed by atoms with Gasteiger partial charge in [0.25, 0.3) is 0 Å². The summed E-state index contributed by atoms with van der Waals surface area (Å²) >= 11 is 0. The maximum absolute atomic E-state index is 14.0. The number of methoxy groups -OCH3 is 1. The summed E-state index contributed by atoms with van der Waals surface area (Å²) in [6.07, 6.45) is 2.04. The highest BCUT2D eigenvalue weighted by Crippen LogP contribution is 2.30. The van der Waals surface area contributed by atoms with Gasteiger partial charge in [-0.15, -0.1) is 0 Å².